The van der Waals surface area contributed by atoms with Crippen LogP contribution in [-0.2, 0) is 4.74 Å². The largest absolute Gasteiger partial charge is 0.381 e. The molecule has 19 heavy (non-hydrogen) atoms. The van der Waals surface area contributed by atoms with Gasteiger partial charge in [-0.15, -0.1) is 0 Å². The highest BCUT2D eigenvalue weighted by molar-refractivity contribution is 6.28. The Morgan fingerprint density at radius 2 is 2.26 bits per heavy atom. The first-order valence-electron chi connectivity index (χ1n) is 6.09. The van der Waals surface area contributed by atoms with Gasteiger partial charge in [-0.25, -0.2) is 4.98 Å². The number of aromatic nitrogens is 2. The van der Waals surface area contributed by atoms with E-state index in [1.54, 1.807) is 0 Å². The molecule has 1 unspecified atom stereocenters. The zero-order chi connectivity index (χ0) is 13.8. The van der Waals surface area contributed by atoms with Crippen LogP contribution in [0.1, 0.15) is 19.8 Å². The van der Waals surface area contributed by atoms with Gasteiger partial charge in [0.1, 0.15) is 6.20 Å². The van der Waals surface area contributed by atoms with Gasteiger partial charge >= 0.3 is 5.69 Å². The average Bonchev–Trinajstić information content (AvgIpc) is 2.39. The van der Waals surface area contributed by atoms with Gasteiger partial charge in [-0.05, 0) is 37.3 Å². The fraction of sp³-hybridized carbons (Fsp3) is 0.636. The molecule has 1 aromatic rings. The molecule has 0 aromatic carbocycles. The minimum Gasteiger partial charge on any atom is -0.381 e. The Morgan fingerprint density at radius 3 is 2.89 bits per heavy atom. The van der Waals surface area contributed by atoms with E-state index in [1.807, 2.05) is 6.92 Å². The Morgan fingerprint density at radius 1 is 1.58 bits per heavy atom. The number of hydrogen-bond donors (Lipinski definition) is 1. The van der Waals surface area contributed by atoms with Gasteiger partial charge in [-0.2, -0.15) is 4.98 Å². The van der Waals surface area contributed by atoms with Crippen molar-refractivity contribution >= 4 is 23.1 Å². The first-order chi connectivity index (χ1) is 9.08. The van der Waals surface area contributed by atoms with Crippen molar-refractivity contribution in [3.05, 3.63) is 21.6 Å². The van der Waals surface area contributed by atoms with E-state index in [-0.39, 0.29) is 22.8 Å². The second kappa shape index (κ2) is 6.12. The van der Waals surface area contributed by atoms with Crippen LogP contribution in [0.25, 0.3) is 0 Å². The lowest BCUT2D eigenvalue weighted by molar-refractivity contribution is -0.384. The highest BCUT2D eigenvalue weighted by Gasteiger charge is 2.24. The van der Waals surface area contributed by atoms with Gasteiger partial charge in [0, 0.05) is 19.3 Å². The predicted octanol–water partition coefficient (Wildman–Crippen LogP) is 2.27. The number of nitro groups is 1. The van der Waals surface area contributed by atoms with Crippen molar-refractivity contribution in [2.45, 2.75) is 25.8 Å². The molecule has 1 aromatic heterocycles. The van der Waals surface area contributed by atoms with Gasteiger partial charge in [0.15, 0.2) is 0 Å². The first kappa shape index (κ1) is 14.0. The summed E-state index contributed by atoms with van der Waals surface area (Å²) in [5.74, 6) is 0.575. The minimum atomic E-state index is -0.518. The number of halogens is 1. The van der Waals surface area contributed by atoms with Gasteiger partial charge in [-0.1, -0.05) is 0 Å². The second-order valence-electron chi connectivity index (χ2n) is 4.51. The lowest BCUT2D eigenvalue weighted by Gasteiger charge is -2.28. The Kier molecular flexibility index (Phi) is 4.49. The van der Waals surface area contributed by atoms with E-state index < -0.39 is 4.92 Å². The zero-order valence-electron chi connectivity index (χ0n) is 10.5. The Labute approximate surface area is 115 Å². The molecule has 1 saturated heterocycles. The summed E-state index contributed by atoms with van der Waals surface area (Å²) in [6, 6.07) is 0.0635. The van der Waals surface area contributed by atoms with E-state index in [0.29, 0.717) is 5.92 Å². The molecular formula is C11H15ClN4O3. The molecule has 1 aliphatic rings. The molecule has 1 atom stereocenters. The topological polar surface area (TPSA) is 90.2 Å². The molecule has 0 saturated carbocycles. The average molecular weight is 287 g/mol. The Hall–Kier alpha value is -1.47. The molecule has 7 nitrogen and oxygen atoms in total. The van der Waals surface area contributed by atoms with Gasteiger partial charge in [0.05, 0.1) is 4.92 Å². The van der Waals surface area contributed by atoms with Crippen molar-refractivity contribution in [1.29, 1.82) is 0 Å². The third-order valence-electron chi connectivity index (χ3n) is 3.27. The van der Waals surface area contributed by atoms with Crippen LogP contribution < -0.4 is 5.32 Å². The molecule has 0 amide bonds. The van der Waals surface area contributed by atoms with Crippen LogP contribution in [-0.4, -0.2) is 34.1 Å². The number of nitrogens with one attached hydrogen (secondary N) is 1. The van der Waals surface area contributed by atoms with Crippen LogP contribution in [0.4, 0.5) is 11.5 Å². The molecule has 0 spiro atoms. The van der Waals surface area contributed by atoms with Crippen molar-refractivity contribution in [2.75, 3.05) is 18.5 Å². The standard InChI is InChI=1S/C11H15ClN4O3/c1-7(8-2-4-19-5-3-8)14-10-9(16(17)18)6-13-11(12)15-10/h6-8H,2-5H2,1H3,(H,13,14,15). The summed E-state index contributed by atoms with van der Waals surface area (Å²) in [5, 5.41) is 14.0. The molecular weight excluding hydrogens is 272 g/mol. The van der Waals surface area contributed by atoms with E-state index in [9.17, 15) is 10.1 Å². The Bertz CT molecular complexity index is 465. The normalized spacial score (nSPS) is 18.0. The summed E-state index contributed by atoms with van der Waals surface area (Å²) >= 11 is 5.69. The summed E-state index contributed by atoms with van der Waals surface area (Å²) in [5.41, 5.74) is -0.164. The van der Waals surface area contributed by atoms with E-state index >= 15 is 0 Å². The van der Waals surface area contributed by atoms with Crippen LogP contribution in [0.2, 0.25) is 5.28 Å². The molecule has 1 N–H and O–H groups in total. The maximum atomic E-state index is 10.9. The van der Waals surface area contributed by atoms with Crippen LogP contribution in [0.15, 0.2) is 6.20 Å². The molecule has 1 aliphatic heterocycles. The van der Waals surface area contributed by atoms with Crippen molar-refractivity contribution in [1.82, 2.24) is 9.97 Å². The van der Waals surface area contributed by atoms with Crippen molar-refractivity contribution in [3.8, 4) is 0 Å². The van der Waals surface area contributed by atoms with Crippen LogP contribution >= 0.6 is 11.6 Å². The Balaban J connectivity index is 2.12. The molecule has 0 aliphatic carbocycles. The number of hydrogen-bond acceptors (Lipinski definition) is 6. The van der Waals surface area contributed by atoms with Gasteiger partial charge in [0.25, 0.3) is 0 Å². The first-order valence-corrected chi connectivity index (χ1v) is 6.47. The SMILES string of the molecule is CC(Nc1nc(Cl)ncc1[N+](=O)[O-])C1CCOCC1. The monoisotopic (exact) mass is 286 g/mol. The molecule has 8 heteroatoms. The van der Waals surface area contributed by atoms with E-state index in [0.717, 1.165) is 32.3 Å². The summed E-state index contributed by atoms with van der Waals surface area (Å²) in [7, 11) is 0. The fourth-order valence-corrected chi connectivity index (χ4v) is 2.28. The molecule has 0 radical (unpaired) electrons. The maximum absolute atomic E-state index is 10.9. The molecule has 1 fully saturated rings. The quantitative estimate of drug-likeness (QED) is 0.519. The van der Waals surface area contributed by atoms with E-state index in [2.05, 4.69) is 15.3 Å². The summed E-state index contributed by atoms with van der Waals surface area (Å²) in [6.07, 6.45) is 2.98. The highest BCUT2D eigenvalue weighted by Crippen LogP contribution is 2.26. The van der Waals surface area contributed by atoms with Gasteiger partial charge in [-0.3, -0.25) is 10.1 Å². The highest BCUT2D eigenvalue weighted by atomic mass is 35.5. The van der Waals surface area contributed by atoms with Crippen molar-refractivity contribution in [3.63, 3.8) is 0 Å². The van der Waals surface area contributed by atoms with Crippen LogP contribution in [0.5, 0.6) is 0 Å². The maximum Gasteiger partial charge on any atom is 0.329 e. The summed E-state index contributed by atoms with van der Waals surface area (Å²) < 4.78 is 5.30. The van der Waals surface area contributed by atoms with E-state index in [1.165, 1.54) is 0 Å². The lowest BCUT2D eigenvalue weighted by Crippen LogP contribution is -2.31. The minimum absolute atomic E-state index is 0.00715. The predicted molar refractivity (Wildman–Crippen MR) is 70.3 cm³/mol. The number of ether oxygens (including phenoxy) is 1. The second-order valence-corrected chi connectivity index (χ2v) is 4.85. The van der Waals surface area contributed by atoms with Gasteiger partial charge < -0.3 is 10.1 Å². The van der Waals surface area contributed by atoms with Gasteiger partial charge in [0.2, 0.25) is 11.1 Å². The van der Waals surface area contributed by atoms with Crippen molar-refractivity contribution in [2.24, 2.45) is 5.92 Å². The molecule has 104 valence electrons. The fourth-order valence-electron chi connectivity index (χ4n) is 2.14. The van der Waals surface area contributed by atoms with Crippen LogP contribution in [0, 0.1) is 16.0 Å². The molecule has 2 rings (SSSR count). The van der Waals surface area contributed by atoms with Crippen LogP contribution in [0.3, 0.4) is 0 Å². The molecule has 0 bridgehead atoms. The summed E-state index contributed by atoms with van der Waals surface area (Å²) in [4.78, 5) is 17.9. The number of anilines is 1. The molecule has 2 heterocycles. The third kappa shape index (κ3) is 3.51. The van der Waals surface area contributed by atoms with E-state index in [4.69, 9.17) is 16.3 Å². The van der Waals surface area contributed by atoms with Crippen molar-refractivity contribution < 1.29 is 9.66 Å². The lowest BCUT2D eigenvalue weighted by atomic mass is 9.93. The smallest absolute Gasteiger partial charge is 0.329 e. The third-order valence-corrected chi connectivity index (χ3v) is 3.46. The number of rotatable bonds is 4. The zero-order valence-corrected chi connectivity index (χ0v) is 11.3. The number of nitrogens with zero attached hydrogens (tertiary/aromatic N) is 3. The summed E-state index contributed by atoms with van der Waals surface area (Å²) in [6.45, 7) is 3.43.